The SMILES string of the molecule is CC(C)(C)Nc1ccc(Br)cc1C(=O)c1ccccc1. The quantitative estimate of drug-likeness (QED) is 0.811. The average Bonchev–Trinajstić information content (AvgIpc) is 2.39. The lowest BCUT2D eigenvalue weighted by Crippen LogP contribution is -2.27. The molecule has 0 aromatic heterocycles. The number of hydrogen-bond donors (Lipinski definition) is 1. The van der Waals surface area contributed by atoms with Crippen molar-refractivity contribution in [3.63, 3.8) is 0 Å². The van der Waals surface area contributed by atoms with Gasteiger partial charge in [-0.2, -0.15) is 0 Å². The minimum Gasteiger partial charge on any atom is -0.380 e. The summed E-state index contributed by atoms with van der Waals surface area (Å²) in [6, 6.07) is 15.1. The van der Waals surface area contributed by atoms with Crippen LogP contribution in [0.25, 0.3) is 0 Å². The number of rotatable bonds is 3. The van der Waals surface area contributed by atoms with Gasteiger partial charge in [-0.1, -0.05) is 46.3 Å². The Hall–Kier alpha value is -1.61. The molecule has 3 heteroatoms. The summed E-state index contributed by atoms with van der Waals surface area (Å²) in [5, 5.41) is 3.39. The number of ketones is 1. The Morgan fingerprint density at radius 2 is 1.70 bits per heavy atom. The highest BCUT2D eigenvalue weighted by Crippen LogP contribution is 2.26. The van der Waals surface area contributed by atoms with Crippen molar-refractivity contribution in [1.29, 1.82) is 0 Å². The molecule has 0 aliphatic heterocycles. The van der Waals surface area contributed by atoms with Crippen molar-refractivity contribution in [3.8, 4) is 0 Å². The van der Waals surface area contributed by atoms with Crippen LogP contribution in [0, 0.1) is 0 Å². The number of anilines is 1. The lowest BCUT2D eigenvalue weighted by Gasteiger charge is -2.24. The van der Waals surface area contributed by atoms with E-state index in [4.69, 9.17) is 0 Å². The topological polar surface area (TPSA) is 29.1 Å². The molecule has 0 spiro atoms. The molecule has 0 atom stereocenters. The second kappa shape index (κ2) is 5.80. The zero-order valence-corrected chi connectivity index (χ0v) is 13.5. The van der Waals surface area contributed by atoms with Gasteiger partial charge in [-0.3, -0.25) is 4.79 Å². The van der Waals surface area contributed by atoms with Gasteiger partial charge in [-0.25, -0.2) is 0 Å². The molecule has 0 saturated heterocycles. The number of carbonyl (C=O) groups excluding carboxylic acids is 1. The van der Waals surface area contributed by atoms with E-state index >= 15 is 0 Å². The third kappa shape index (κ3) is 3.70. The van der Waals surface area contributed by atoms with Crippen molar-refractivity contribution >= 4 is 27.4 Å². The Kier molecular flexibility index (Phi) is 4.29. The van der Waals surface area contributed by atoms with Crippen LogP contribution >= 0.6 is 15.9 Å². The van der Waals surface area contributed by atoms with Crippen molar-refractivity contribution in [3.05, 3.63) is 64.1 Å². The fraction of sp³-hybridized carbons (Fsp3) is 0.235. The van der Waals surface area contributed by atoms with Crippen molar-refractivity contribution in [2.75, 3.05) is 5.32 Å². The Morgan fingerprint density at radius 3 is 2.30 bits per heavy atom. The van der Waals surface area contributed by atoms with E-state index < -0.39 is 0 Å². The van der Waals surface area contributed by atoms with Gasteiger partial charge in [0.25, 0.3) is 0 Å². The second-order valence-electron chi connectivity index (χ2n) is 5.76. The van der Waals surface area contributed by atoms with Crippen molar-refractivity contribution in [1.82, 2.24) is 0 Å². The maximum absolute atomic E-state index is 12.6. The molecule has 1 N–H and O–H groups in total. The van der Waals surface area contributed by atoms with Gasteiger partial charge in [0.2, 0.25) is 0 Å². The number of benzene rings is 2. The van der Waals surface area contributed by atoms with E-state index in [-0.39, 0.29) is 11.3 Å². The van der Waals surface area contributed by atoms with E-state index in [0.29, 0.717) is 11.1 Å². The van der Waals surface area contributed by atoms with Crippen LogP contribution in [0.2, 0.25) is 0 Å². The van der Waals surface area contributed by atoms with Crippen LogP contribution in [0.3, 0.4) is 0 Å². The molecule has 0 saturated carbocycles. The minimum absolute atomic E-state index is 0.0265. The van der Waals surface area contributed by atoms with Gasteiger partial charge in [0, 0.05) is 26.8 Å². The van der Waals surface area contributed by atoms with Crippen molar-refractivity contribution in [2.45, 2.75) is 26.3 Å². The Morgan fingerprint density at radius 1 is 1.05 bits per heavy atom. The van der Waals surface area contributed by atoms with Gasteiger partial charge in [-0.05, 0) is 39.0 Å². The normalized spacial score (nSPS) is 11.2. The molecule has 0 bridgehead atoms. The molecule has 0 aliphatic carbocycles. The second-order valence-corrected chi connectivity index (χ2v) is 6.68. The lowest BCUT2D eigenvalue weighted by atomic mass is 10.00. The summed E-state index contributed by atoms with van der Waals surface area (Å²) in [7, 11) is 0. The Balaban J connectivity index is 2.44. The van der Waals surface area contributed by atoms with Crippen LogP contribution in [0.15, 0.2) is 53.0 Å². The van der Waals surface area contributed by atoms with E-state index in [0.717, 1.165) is 10.2 Å². The van der Waals surface area contributed by atoms with E-state index in [1.54, 1.807) is 0 Å². The zero-order valence-electron chi connectivity index (χ0n) is 11.9. The van der Waals surface area contributed by atoms with Crippen LogP contribution in [0.1, 0.15) is 36.7 Å². The van der Waals surface area contributed by atoms with Gasteiger partial charge in [0.1, 0.15) is 0 Å². The first-order valence-electron chi connectivity index (χ1n) is 6.54. The summed E-state index contributed by atoms with van der Waals surface area (Å²) < 4.78 is 0.899. The van der Waals surface area contributed by atoms with Crippen LogP contribution in [-0.4, -0.2) is 11.3 Å². The first-order chi connectivity index (χ1) is 9.37. The standard InChI is InChI=1S/C17H18BrNO/c1-17(2,3)19-15-10-9-13(18)11-14(15)16(20)12-7-5-4-6-8-12/h4-11,19H,1-3H3. The highest BCUT2D eigenvalue weighted by molar-refractivity contribution is 9.10. The van der Waals surface area contributed by atoms with E-state index in [2.05, 4.69) is 42.0 Å². The predicted molar refractivity (Wildman–Crippen MR) is 87.4 cm³/mol. The predicted octanol–water partition coefficient (Wildman–Crippen LogP) is 4.89. The molecular formula is C17H18BrNO. The van der Waals surface area contributed by atoms with Crippen LogP contribution in [0.4, 0.5) is 5.69 Å². The molecule has 0 aliphatic rings. The molecule has 0 amide bonds. The number of carbonyl (C=O) groups is 1. The molecule has 0 heterocycles. The third-order valence-electron chi connectivity index (χ3n) is 2.77. The fourth-order valence-electron chi connectivity index (χ4n) is 1.96. The molecule has 2 aromatic carbocycles. The maximum atomic E-state index is 12.6. The fourth-order valence-corrected chi connectivity index (χ4v) is 2.32. The number of halogens is 1. The first-order valence-corrected chi connectivity index (χ1v) is 7.33. The number of nitrogens with one attached hydrogen (secondary N) is 1. The van der Waals surface area contributed by atoms with Crippen molar-refractivity contribution < 1.29 is 4.79 Å². The van der Waals surface area contributed by atoms with Gasteiger partial charge in [0.05, 0.1) is 0 Å². The molecule has 2 aromatic rings. The molecule has 104 valence electrons. The highest BCUT2D eigenvalue weighted by Gasteiger charge is 2.17. The average molecular weight is 332 g/mol. The third-order valence-corrected chi connectivity index (χ3v) is 3.27. The van der Waals surface area contributed by atoms with E-state index in [1.165, 1.54) is 0 Å². The Bertz CT molecular complexity index is 615. The van der Waals surface area contributed by atoms with Crippen LogP contribution in [0.5, 0.6) is 0 Å². The van der Waals surface area contributed by atoms with Gasteiger partial charge < -0.3 is 5.32 Å². The van der Waals surface area contributed by atoms with Crippen molar-refractivity contribution in [2.24, 2.45) is 0 Å². The maximum Gasteiger partial charge on any atom is 0.195 e. The Labute approximate surface area is 128 Å². The van der Waals surface area contributed by atoms with Crippen LogP contribution < -0.4 is 5.32 Å². The smallest absolute Gasteiger partial charge is 0.195 e. The minimum atomic E-state index is -0.0977. The highest BCUT2D eigenvalue weighted by atomic mass is 79.9. The molecule has 0 radical (unpaired) electrons. The summed E-state index contributed by atoms with van der Waals surface area (Å²) in [4.78, 5) is 12.6. The van der Waals surface area contributed by atoms with Gasteiger partial charge in [-0.15, -0.1) is 0 Å². The molecule has 20 heavy (non-hydrogen) atoms. The zero-order chi connectivity index (χ0) is 14.8. The van der Waals surface area contributed by atoms with E-state index in [9.17, 15) is 4.79 Å². The van der Waals surface area contributed by atoms with E-state index in [1.807, 2.05) is 48.5 Å². The summed E-state index contributed by atoms with van der Waals surface area (Å²) >= 11 is 3.44. The summed E-state index contributed by atoms with van der Waals surface area (Å²) in [6.07, 6.45) is 0. The molecule has 2 nitrogen and oxygen atoms in total. The van der Waals surface area contributed by atoms with Gasteiger partial charge >= 0.3 is 0 Å². The molecule has 0 fully saturated rings. The largest absolute Gasteiger partial charge is 0.380 e. The molecular weight excluding hydrogens is 314 g/mol. The molecule has 2 rings (SSSR count). The summed E-state index contributed by atoms with van der Waals surface area (Å²) in [5.41, 5.74) is 2.14. The first kappa shape index (κ1) is 14.8. The molecule has 0 unspecified atom stereocenters. The summed E-state index contributed by atoms with van der Waals surface area (Å²) in [6.45, 7) is 6.23. The lowest BCUT2D eigenvalue weighted by molar-refractivity contribution is 0.103. The van der Waals surface area contributed by atoms with Gasteiger partial charge in [0.15, 0.2) is 5.78 Å². The summed E-state index contributed by atoms with van der Waals surface area (Å²) in [5.74, 6) is 0.0265. The monoisotopic (exact) mass is 331 g/mol. The number of hydrogen-bond acceptors (Lipinski definition) is 2. The van der Waals surface area contributed by atoms with Crippen LogP contribution in [-0.2, 0) is 0 Å².